The standard InChI is InChI=1S/Ba.Ca.Cu.O2.Ti.4H/c;;;1-2;;;;;/q2*+2;;;;4*-1. The third-order valence-electron chi connectivity index (χ3n) is 0. The van der Waals surface area contributed by atoms with Gasteiger partial charge in [0, 0.05) is 48.7 Å². The van der Waals surface area contributed by atoms with E-state index >= 15 is 0 Å². The van der Waals surface area contributed by atoms with Gasteiger partial charge in [0.05, 0.1) is 0 Å². The van der Waals surface area contributed by atoms with E-state index < -0.39 is 0 Å². The van der Waals surface area contributed by atoms with Crippen molar-refractivity contribution in [2.45, 2.75) is 0 Å². The predicted molar refractivity (Wildman–Crippen MR) is 22.7 cm³/mol. The topological polar surface area (TPSA) is 34.1 Å². The molecule has 0 aliphatic heterocycles. The molecule has 0 N–H and O–H groups in total. The quantitative estimate of drug-likeness (QED) is 0.576. The van der Waals surface area contributed by atoms with E-state index in [-0.39, 0.29) is 131 Å². The van der Waals surface area contributed by atoms with Crippen LogP contribution < -0.4 is 0 Å². The van der Waals surface area contributed by atoms with Gasteiger partial charge >= 0.3 is 86.6 Å². The first-order valence-electron chi connectivity index (χ1n) is 0.167. The third-order valence-corrected chi connectivity index (χ3v) is 0. The molecule has 0 unspecified atom stereocenters. The molecule has 1 radical (unpaired) electrons. The van der Waals surface area contributed by atoms with Crippen molar-refractivity contribution in [3.63, 3.8) is 0 Å². The molecule has 35 valence electrons. The summed E-state index contributed by atoms with van der Waals surface area (Å²) >= 11 is 0. The summed E-state index contributed by atoms with van der Waals surface area (Å²) in [5.41, 5.74) is 0. The maximum Gasteiger partial charge on any atom is 2.00 e. The van der Waals surface area contributed by atoms with Crippen LogP contribution in [0.15, 0.2) is 0 Å². The van der Waals surface area contributed by atoms with Crippen molar-refractivity contribution in [1.29, 1.82) is 0 Å². The summed E-state index contributed by atoms with van der Waals surface area (Å²) in [6, 6.07) is 0. The van der Waals surface area contributed by atoms with Gasteiger partial charge in [-0.2, -0.15) is 0 Å². The van der Waals surface area contributed by atoms with E-state index in [0.717, 1.165) is 0 Å². The summed E-state index contributed by atoms with van der Waals surface area (Å²) in [7, 11) is 0. The fourth-order valence-corrected chi connectivity index (χ4v) is 0. The van der Waals surface area contributed by atoms with Crippen LogP contribution >= 0.6 is 0 Å². The molecule has 0 aromatic heterocycles. The van der Waals surface area contributed by atoms with Gasteiger partial charge < -0.3 is 5.71 Å². The number of hydrogen-bond acceptors (Lipinski definition) is 2. The van der Waals surface area contributed by atoms with Crippen molar-refractivity contribution < 1.29 is 44.5 Å². The molecule has 6 heavy (non-hydrogen) atoms. The van der Waals surface area contributed by atoms with E-state index in [2.05, 4.69) is 0 Å². The van der Waals surface area contributed by atoms with E-state index in [0.29, 0.717) is 0 Å². The summed E-state index contributed by atoms with van der Waals surface area (Å²) in [5.74, 6) is 0. The van der Waals surface area contributed by atoms with Gasteiger partial charge in [-0.15, -0.1) is 0 Å². The van der Waals surface area contributed by atoms with E-state index in [4.69, 9.17) is 9.93 Å². The second-order valence-electron chi connectivity index (χ2n) is 0. The van der Waals surface area contributed by atoms with Crippen LogP contribution in [0.5, 0.6) is 0 Å². The Balaban J connectivity index is -0.000000000179. The monoisotopic (exact) mass is 325 g/mol. The average Bonchev–Trinajstić information content (AvgIpc) is 1.00. The Morgan fingerprint density at radius 2 is 1.17 bits per heavy atom. The van der Waals surface area contributed by atoms with Crippen LogP contribution in [0.4, 0.5) is 0 Å². The first-order chi connectivity index (χ1) is 1.00. The molecule has 6 heteroatoms. The summed E-state index contributed by atoms with van der Waals surface area (Å²) in [5, 5.41) is 0. The van der Waals surface area contributed by atoms with Crippen LogP contribution in [0.1, 0.15) is 5.71 Å². The van der Waals surface area contributed by atoms with Gasteiger partial charge in [0.25, 0.3) is 0 Å². The van der Waals surface area contributed by atoms with E-state index in [1.165, 1.54) is 0 Å². The molecule has 0 saturated carbocycles. The van der Waals surface area contributed by atoms with Crippen LogP contribution in [-0.4, -0.2) is 86.6 Å². The molecule has 0 spiro atoms. The van der Waals surface area contributed by atoms with E-state index in [9.17, 15) is 0 Å². The van der Waals surface area contributed by atoms with Crippen molar-refractivity contribution >= 4 is 86.6 Å². The molecular weight excluding hydrogens is 321 g/mol. The van der Waals surface area contributed by atoms with Gasteiger partial charge in [-0.3, -0.25) is 0 Å². The molecule has 0 aromatic rings. The molecule has 0 aromatic carbocycles. The molecule has 0 fully saturated rings. The van der Waals surface area contributed by atoms with Crippen LogP contribution in [0, 0.1) is 9.93 Å². The molecule has 0 rings (SSSR count). The normalized spacial score (nSPS) is 0.667. The largest absolute Gasteiger partial charge is 2.00 e. The second kappa shape index (κ2) is 37.9. The zero-order chi connectivity index (χ0) is 2.00. The Labute approximate surface area is 138 Å². The van der Waals surface area contributed by atoms with Gasteiger partial charge in [0.1, 0.15) is 0 Å². The first kappa shape index (κ1) is 33.3. The molecule has 0 aliphatic rings. The Morgan fingerprint density at radius 3 is 1.17 bits per heavy atom. The van der Waals surface area contributed by atoms with Crippen molar-refractivity contribution in [3.8, 4) is 0 Å². The molecule has 2 nitrogen and oxygen atoms in total. The molecule has 0 bridgehead atoms. The fraction of sp³-hybridized carbons (Fsp3) is 0. The van der Waals surface area contributed by atoms with Gasteiger partial charge in [0.2, 0.25) is 0 Å². The van der Waals surface area contributed by atoms with Gasteiger partial charge in [-0.25, -0.2) is 0 Å². The third kappa shape index (κ3) is 25.3. The van der Waals surface area contributed by atoms with E-state index in [1.54, 1.807) is 0 Å². The molecule has 0 atom stereocenters. The smallest absolute Gasteiger partial charge is 1.00 e. The van der Waals surface area contributed by atoms with Gasteiger partial charge in [-0.05, 0) is 0 Å². The maximum atomic E-state index is 7.00. The zero-order valence-corrected chi connectivity index (χ0v) is 12.2. The average molecular weight is 325 g/mol. The number of rotatable bonds is 0. The van der Waals surface area contributed by atoms with Crippen molar-refractivity contribution in [2.24, 2.45) is 0 Å². The zero-order valence-electron chi connectivity index (χ0n) is 7.03. The Morgan fingerprint density at radius 1 is 1.17 bits per heavy atom. The minimum atomic E-state index is 0. The van der Waals surface area contributed by atoms with Crippen LogP contribution in [-0.2, 0) is 38.8 Å². The minimum Gasteiger partial charge on any atom is -1.00 e. The van der Waals surface area contributed by atoms with Crippen LogP contribution in [0.2, 0.25) is 0 Å². The summed E-state index contributed by atoms with van der Waals surface area (Å²) < 4.78 is 0. The number of hydrogen-bond donors (Lipinski definition) is 0. The van der Waals surface area contributed by atoms with Gasteiger partial charge in [0.15, 0.2) is 0 Å². The van der Waals surface area contributed by atoms with Crippen LogP contribution in [0.25, 0.3) is 0 Å². The summed E-state index contributed by atoms with van der Waals surface area (Å²) in [6.45, 7) is 0. The second-order valence-corrected chi connectivity index (χ2v) is 0. The Kier molecular flexibility index (Phi) is 211. The van der Waals surface area contributed by atoms with E-state index in [1.807, 2.05) is 0 Å². The van der Waals surface area contributed by atoms with Crippen molar-refractivity contribution in [3.05, 3.63) is 9.93 Å². The molecular formula is H4BaCaCuO2Ti. The minimum absolute atomic E-state index is 0. The first-order valence-corrected chi connectivity index (χ1v) is 0.167. The SMILES string of the molecule is O=O.[Ba+2].[Ca+2].[Cu].[H-].[H-].[H-].[H-].[Ti]. The predicted octanol–water partition coefficient (Wildman–Crippen LogP) is -0.250. The van der Waals surface area contributed by atoms with Crippen LogP contribution in [0.3, 0.4) is 0 Å². The molecule has 0 aliphatic carbocycles. The van der Waals surface area contributed by atoms with Crippen molar-refractivity contribution in [2.75, 3.05) is 0 Å². The van der Waals surface area contributed by atoms with Gasteiger partial charge in [-0.1, -0.05) is 0 Å². The maximum absolute atomic E-state index is 7.00. The molecule has 0 heterocycles. The summed E-state index contributed by atoms with van der Waals surface area (Å²) in [6.07, 6.45) is 0. The Hall–Kier alpha value is 3.66. The van der Waals surface area contributed by atoms with Crippen molar-refractivity contribution in [1.82, 2.24) is 0 Å². The molecule has 0 amide bonds. The molecule has 0 saturated heterocycles. The fourth-order valence-electron chi connectivity index (χ4n) is 0. The summed E-state index contributed by atoms with van der Waals surface area (Å²) in [4.78, 5) is 14.0. The Bertz CT molecular complexity index is 23.2.